The molecule has 0 spiro atoms. The number of nitrogens with zero attached hydrogens (tertiary/aromatic N) is 1. The lowest BCUT2D eigenvalue weighted by Crippen LogP contribution is -2.68. The van der Waals surface area contributed by atoms with Gasteiger partial charge in [0, 0.05) is 11.8 Å². The van der Waals surface area contributed by atoms with Crippen LogP contribution in [-0.4, -0.2) is 54.0 Å². The SMILES string of the molecule is Cc1cn([C@@H]2O[C@@]3(CO[Si](c4ccccc4)(c4ccccc4)C(C)(C)C)C=CCO[C@H]3[C@H]2O)c(=O)[nH]c1=O. The predicted octanol–water partition coefficient (Wildman–Crippen LogP) is 2.01. The third kappa shape index (κ3) is 4.34. The molecular formula is C29H34N2O6Si. The Morgan fingerprint density at radius 3 is 2.26 bits per heavy atom. The summed E-state index contributed by atoms with van der Waals surface area (Å²) >= 11 is 0. The van der Waals surface area contributed by atoms with Crippen molar-refractivity contribution in [1.29, 1.82) is 0 Å². The number of hydrogen-bond acceptors (Lipinski definition) is 6. The van der Waals surface area contributed by atoms with Crippen LogP contribution in [0.25, 0.3) is 0 Å². The molecule has 0 unspecified atom stereocenters. The maximum absolute atomic E-state index is 12.7. The molecular weight excluding hydrogens is 500 g/mol. The van der Waals surface area contributed by atoms with Crippen LogP contribution in [0, 0.1) is 6.92 Å². The van der Waals surface area contributed by atoms with Crippen LogP contribution in [0.5, 0.6) is 0 Å². The molecule has 200 valence electrons. The topological polar surface area (TPSA) is 103 Å². The number of ether oxygens (including phenoxy) is 2. The van der Waals surface area contributed by atoms with E-state index in [1.807, 2.05) is 48.6 Å². The zero-order chi connectivity index (χ0) is 27.1. The molecule has 3 heterocycles. The first-order valence-corrected chi connectivity index (χ1v) is 14.7. The number of aliphatic hydroxyl groups excluding tert-OH is 1. The lowest BCUT2D eigenvalue weighted by molar-refractivity contribution is -0.112. The van der Waals surface area contributed by atoms with E-state index in [2.05, 4.69) is 50.0 Å². The summed E-state index contributed by atoms with van der Waals surface area (Å²) in [6.07, 6.45) is 2.15. The molecule has 0 radical (unpaired) electrons. The molecule has 2 aliphatic rings. The average molecular weight is 535 g/mol. The minimum absolute atomic E-state index is 0.103. The summed E-state index contributed by atoms with van der Waals surface area (Å²) in [5.74, 6) is 0. The van der Waals surface area contributed by atoms with Gasteiger partial charge in [-0.15, -0.1) is 0 Å². The monoisotopic (exact) mass is 534 g/mol. The molecule has 2 N–H and O–H groups in total. The Kier molecular flexibility index (Phi) is 6.91. The normalized spacial score (nSPS) is 25.3. The van der Waals surface area contributed by atoms with Gasteiger partial charge in [-0.2, -0.15) is 0 Å². The molecule has 0 bridgehead atoms. The van der Waals surface area contributed by atoms with Crippen LogP contribution in [0.1, 0.15) is 32.6 Å². The summed E-state index contributed by atoms with van der Waals surface area (Å²) in [7, 11) is -2.92. The van der Waals surface area contributed by atoms with E-state index in [-0.39, 0.29) is 11.6 Å². The van der Waals surface area contributed by atoms with Gasteiger partial charge in [-0.25, -0.2) is 4.79 Å². The average Bonchev–Trinajstić information content (AvgIpc) is 3.19. The number of hydrogen-bond donors (Lipinski definition) is 2. The summed E-state index contributed by atoms with van der Waals surface area (Å²) in [6.45, 7) is 8.58. The van der Waals surface area contributed by atoms with Crippen molar-refractivity contribution in [3.05, 3.63) is 105 Å². The van der Waals surface area contributed by atoms with Gasteiger partial charge in [0.15, 0.2) is 6.23 Å². The highest BCUT2D eigenvalue weighted by atomic mass is 28.4. The van der Waals surface area contributed by atoms with Crippen LogP contribution in [0.15, 0.2) is 88.6 Å². The molecule has 1 aromatic heterocycles. The van der Waals surface area contributed by atoms with Crippen molar-refractivity contribution < 1.29 is 19.0 Å². The van der Waals surface area contributed by atoms with Crippen LogP contribution in [0.4, 0.5) is 0 Å². The van der Waals surface area contributed by atoms with Crippen LogP contribution < -0.4 is 21.6 Å². The number of rotatable bonds is 6. The van der Waals surface area contributed by atoms with Crippen molar-refractivity contribution in [2.24, 2.45) is 0 Å². The second kappa shape index (κ2) is 9.90. The Morgan fingerprint density at radius 1 is 1.08 bits per heavy atom. The molecule has 1 saturated heterocycles. The van der Waals surface area contributed by atoms with Crippen molar-refractivity contribution in [3.63, 3.8) is 0 Å². The molecule has 8 nitrogen and oxygen atoms in total. The molecule has 2 aromatic carbocycles. The van der Waals surface area contributed by atoms with Gasteiger partial charge in [-0.1, -0.05) is 87.5 Å². The molecule has 3 aromatic rings. The van der Waals surface area contributed by atoms with Crippen molar-refractivity contribution in [3.8, 4) is 0 Å². The quantitative estimate of drug-likeness (QED) is 0.371. The fourth-order valence-corrected chi connectivity index (χ4v) is 10.3. The third-order valence-electron chi connectivity index (χ3n) is 7.55. The highest BCUT2D eigenvalue weighted by Gasteiger charge is 2.59. The highest BCUT2D eigenvalue weighted by Crippen LogP contribution is 2.44. The Bertz CT molecular complexity index is 1390. The molecule has 5 rings (SSSR count). The van der Waals surface area contributed by atoms with Crippen molar-refractivity contribution in [1.82, 2.24) is 9.55 Å². The number of H-pyrrole nitrogens is 1. The second-order valence-electron chi connectivity index (χ2n) is 11.0. The predicted molar refractivity (Wildman–Crippen MR) is 147 cm³/mol. The van der Waals surface area contributed by atoms with E-state index in [4.69, 9.17) is 13.9 Å². The summed E-state index contributed by atoms with van der Waals surface area (Å²) < 4.78 is 20.9. The number of aryl methyl sites for hydroxylation is 1. The lowest BCUT2D eigenvalue weighted by atomic mass is 9.93. The van der Waals surface area contributed by atoms with Gasteiger partial charge in [0.1, 0.15) is 17.8 Å². The van der Waals surface area contributed by atoms with Gasteiger partial charge in [0.2, 0.25) is 0 Å². The first-order valence-electron chi connectivity index (χ1n) is 12.8. The zero-order valence-electron chi connectivity index (χ0n) is 22.1. The first kappa shape index (κ1) is 26.5. The molecule has 1 fully saturated rings. The molecule has 0 aliphatic carbocycles. The summed E-state index contributed by atoms with van der Waals surface area (Å²) in [5.41, 5.74) is -1.93. The van der Waals surface area contributed by atoms with Crippen molar-refractivity contribution >= 4 is 18.7 Å². The summed E-state index contributed by atoms with van der Waals surface area (Å²) in [6, 6.07) is 20.5. The Labute approximate surface area is 222 Å². The lowest BCUT2D eigenvalue weighted by Gasteiger charge is -2.45. The number of fused-ring (bicyclic) bond motifs is 1. The van der Waals surface area contributed by atoms with E-state index < -0.39 is 43.6 Å². The minimum Gasteiger partial charge on any atom is -0.404 e. The largest absolute Gasteiger partial charge is 0.404 e. The maximum Gasteiger partial charge on any atom is 0.330 e. The molecule has 4 atom stereocenters. The van der Waals surface area contributed by atoms with Crippen LogP contribution >= 0.6 is 0 Å². The summed E-state index contributed by atoms with van der Waals surface area (Å²) in [4.78, 5) is 26.9. The van der Waals surface area contributed by atoms with E-state index in [1.165, 1.54) is 10.8 Å². The molecule has 0 amide bonds. The highest BCUT2D eigenvalue weighted by molar-refractivity contribution is 6.99. The maximum atomic E-state index is 12.7. The van der Waals surface area contributed by atoms with Gasteiger partial charge in [0.05, 0.1) is 13.2 Å². The second-order valence-corrected chi connectivity index (χ2v) is 15.3. The Hall–Kier alpha value is -3.08. The molecule has 9 heteroatoms. The Morgan fingerprint density at radius 2 is 1.68 bits per heavy atom. The number of aromatic amines is 1. The Balaban J connectivity index is 1.59. The van der Waals surface area contributed by atoms with Crippen LogP contribution in [0.3, 0.4) is 0 Å². The van der Waals surface area contributed by atoms with Crippen molar-refractivity contribution in [2.45, 2.75) is 56.8 Å². The van der Waals surface area contributed by atoms with Gasteiger partial charge in [0.25, 0.3) is 13.9 Å². The summed E-state index contributed by atoms with van der Waals surface area (Å²) in [5, 5.41) is 13.3. The fraction of sp³-hybridized carbons (Fsp3) is 0.379. The first-order chi connectivity index (χ1) is 18.1. The smallest absolute Gasteiger partial charge is 0.330 e. The van der Waals surface area contributed by atoms with E-state index in [1.54, 1.807) is 6.92 Å². The van der Waals surface area contributed by atoms with Crippen molar-refractivity contribution in [2.75, 3.05) is 13.2 Å². The molecule has 0 saturated carbocycles. The van der Waals surface area contributed by atoms with Crippen LogP contribution in [0.2, 0.25) is 5.04 Å². The molecule has 38 heavy (non-hydrogen) atoms. The number of benzene rings is 2. The van der Waals surface area contributed by atoms with Gasteiger partial charge in [-0.3, -0.25) is 14.3 Å². The minimum atomic E-state index is -2.92. The van der Waals surface area contributed by atoms with Crippen LogP contribution in [-0.2, 0) is 13.9 Å². The van der Waals surface area contributed by atoms with E-state index in [9.17, 15) is 14.7 Å². The van der Waals surface area contributed by atoms with E-state index >= 15 is 0 Å². The van der Waals surface area contributed by atoms with Gasteiger partial charge in [-0.05, 0) is 28.4 Å². The van der Waals surface area contributed by atoms with Gasteiger partial charge < -0.3 is 19.0 Å². The van der Waals surface area contributed by atoms with E-state index in [0.29, 0.717) is 12.2 Å². The number of aromatic nitrogens is 2. The number of nitrogens with one attached hydrogen (secondary N) is 1. The van der Waals surface area contributed by atoms with Gasteiger partial charge >= 0.3 is 5.69 Å². The fourth-order valence-electron chi connectivity index (χ4n) is 5.72. The van der Waals surface area contributed by atoms with E-state index in [0.717, 1.165) is 10.4 Å². The molecule has 2 aliphatic heterocycles. The zero-order valence-corrected chi connectivity index (χ0v) is 23.1. The standard InChI is InChI=1S/C29H34N2O6Si/c1-20-18-31(27(34)30-25(20)33)26-23(32)24-29(37-26,16-11-17-35-24)19-36-38(28(2,3)4,21-12-7-5-8-13-21)22-14-9-6-10-15-22/h5-16,18,23-24,26,32H,17,19H2,1-4H3,(H,30,33,34)/t23-,24+,26-,29-/m1/s1. The number of aliphatic hydroxyl groups is 1. The third-order valence-corrected chi connectivity index (χ3v) is 12.5.